The van der Waals surface area contributed by atoms with E-state index in [0.29, 0.717) is 31.0 Å². The average Bonchev–Trinajstić information content (AvgIpc) is 3.13. The molecule has 0 radical (unpaired) electrons. The summed E-state index contributed by atoms with van der Waals surface area (Å²) in [6, 6.07) is 1.68. The minimum atomic E-state index is -0.183. The Morgan fingerprint density at radius 3 is 2.77 bits per heavy atom. The van der Waals surface area contributed by atoms with Gasteiger partial charge < -0.3 is 19.5 Å². The Morgan fingerprint density at radius 2 is 2.23 bits per heavy atom. The molecule has 122 valence electrons. The van der Waals surface area contributed by atoms with E-state index >= 15 is 0 Å². The number of hydrogen-bond donors (Lipinski definition) is 1. The van der Waals surface area contributed by atoms with Crippen LogP contribution in [0.4, 0.5) is 0 Å². The van der Waals surface area contributed by atoms with Gasteiger partial charge in [0.2, 0.25) is 5.91 Å². The molecular formula is C15H23N3O4. The van der Waals surface area contributed by atoms with Gasteiger partial charge in [-0.15, -0.1) is 0 Å². The maximum Gasteiger partial charge on any atom is 0.276 e. The van der Waals surface area contributed by atoms with Gasteiger partial charge in [0.05, 0.1) is 6.10 Å². The molecule has 0 aliphatic carbocycles. The van der Waals surface area contributed by atoms with Crippen molar-refractivity contribution in [3.8, 4) is 0 Å². The summed E-state index contributed by atoms with van der Waals surface area (Å²) in [7, 11) is 3.20. The van der Waals surface area contributed by atoms with Crippen LogP contribution in [0.5, 0.6) is 0 Å². The molecule has 1 fully saturated rings. The van der Waals surface area contributed by atoms with Gasteiger partial charge in [0.15, 0.2) is 5.69 Å². The molecule has 1 aliphatic heterocycles. The van der Waals surface area contributed by atoms with Gasteiger partial charge in [-0.25, -0.2) is 0 Å². The topological polar surface area (TPSA) is 84.7 Å². The predicted octanol–water partition coefficient (Wildman–Crippen LogP) is 1.02. The number of carbonyl (C=O) groups excluding carboxylic acids is 2. The highest BCUT2D eigenvalue weighted by Gasteiger charge is 2.37. The van der Waals surface area contributed by atoms with E-state index < -0.39 is 0 Å². The Bertz CT molecular complexity index is 541. The summed E-state index contributed by atoms with van der Waals surface area (Å²) < 4.78 is 10.6. The molecule has 1 N–H and O–H groups in total. The van der Waals surface area contributed by atoms with Crippen LogP contribution in [0, 0.1) is 5.92 Å². The molecule has 22 heavy (non-hydrogen) atoms. The van der Waals surface area contributed by atoms with Crippen molar-refractivity contribution in [3.63, 3.8) is 0 Å². The van der Waals surface area contributed by atoms with E-state index in [-0.39, 0.29) is 29.8 Å². The van der Waals surface area contributed by atoms with E-state index in [1.165, 1.54) is 0 Å². The third-order valence-electron chi connectivity index (χ3n) is 4.01. The number of rotatable bonds is 5. The second-order valence-corrected chi connectivity index (χ2v) is 5.89. The fourth-order valence-electron chi connectivity index (χ4n) is 2.63. The summed E-state index contributed by atoms with van der Waals surface area (Å²) in [4.78, 5) is 25.7. The van der Waals surface area contributed by atoms with E-state index in [1.807, 2.05) is 13.8 Å². The fraction of sp³-hybridized carbons (Fsp3) is 0.667. The van der Waals surface area contributed by atoms with Crippen LogP contribution in [-0.4, -0.2) is 55.2 Å². The van der Waals surface area contributed by atoms with Crippen molar-refractivity contribution in [2.45, 2.75) is 32.3 Å². The zero-order chi connectivity index (χ0) is 16.3. The summed E-state index contributed by atoms with van der Waals surface area (Å²) in [6.07, 6.45) is 0.201. The lowest BCUT2D eigenvalue weighted by molar-refractivity contribution is -0.122. The lowest BCUT2D eigenvalue weighted by Crippen LogP contribution is -2.30. The molecule has 2 heterocycles. The number of ether oxygens (including phenoxy) is 1. The summed E-state index contributed by atoms with van der Waals surface area (Å²) >= 11 is 0. The minimum Gasteiger partial charge on any atom is -0.379 e. The molecule has 1 aromatic heterocycles. The van der Waals surface area contributed by atoms with Gasteiger partial charge in [-0.3, -0.25) is 9.59 Å². The SMILES string of the molecule is CNC(=O)C[C@@H]1CN(C(=O)c2cc(C(C)C)on2)C[C@@H]1OC. The number of nitrogens with one attached hydrogen (secondary N) is 1. The highest BCUT2D eigenvalue weighted by atomic mass is 16.5. The minimum absolute atomic E-state index is 0.00892. The van der Waals surface area contributed by atoms with Crippen LogP contribution in [0.3, 0.4) is 0 Å². The normalized spacial score (nSPS) is 21.4. The first-order valence-electron chi connectivity index (χ1n) is 7.45. The van der Waals surface area contributed by atoms with Gasteiger partial charge in [0, 0.05) is 51.6 Å². The number of aromatic nitrogens is 1. The van der Waals surface area contributed by atoms with Crippen molar-refractivity contribution >= 4 is 11.8 Å². The second kappa shape index (κ2) is 6.91. The van der Waals surface area contributed by atoms with Crippen LogP contribution in [0.1, 0.15) is 42.4 Å². The number of hydrogen-bond acceptors (Lipinski definition) is 5. The van der Waals surface area contributed by atoms with Gasteiger partial charge in [-0.1, -0.05) is 19.0 Å². The van der Waals surface area contributed by atoms with E-state index in [1.54, 1.807) is 25.1 Å². The van der Waals surface area contributed by atoms with Crippen molar-refractivity contribution in [2.24, 2.45) is 5.92 Å². The van der Waals surface area contributed by atoms with Crippen LogP contribution >= 0.6 is 0 Å². The second-order valence-electron chi connectivity index (χ2n) is 5.89. The summed E-state index contributed by atoms with van der Waals surface area (Å²) in [6.45, 7) is 4.89. The zero-order valence-corrected chi connectivity index (χ0v) is 13.5. The number of nitrogens with zero attached hydrogens (tertiary/aromatic N) is 2. The van der Waals surface area contributed by atoms with Gasteiger partial charge in [0.1, 0.15) is 5.76 Å². The van der Waals surface area contributed by atoms with Gasteiger partial charge in [-0.2, -0.15) is 0 Å². The maximum absolute atomic E-state index is 12.5. The average molecular weight is 309 g/mol. The molecule has 0 spiro atoms. The quantitative estimate of drug-likeness (QED) is 0.878. The lowest BCUT2D eigenvalue weighted by atomic mass is 10.0. The number of carbonyl (C=O) groups is 2. The Hall–Kier alpha value is -1.89. The van der Waals surface area contributed by atoms with Crippen molar-refractivity contribution < 1.29 is 18.8 Å². The Balaban J connectivity index is 2.05. The van der Waals surface area contributed by atoms with E-state index in [9.17, 15) is 9.59 Å². The van der Waals surface area contributed by atoms with E-state index in [0.717, 1.165) is 0 Å². The maximum atomic E-state index is 12.5. The summed E-state index contributed by atoms with van der Waals surface area (Å²) in [5.41, 5.74) is 0.305. The summed E-state index contributed by atoms with van der Waals surface area (Å²) in [5, 5.41) is 6.45. The van der Waals surface area contributed by atoms with Crippen LogP contribution in [-0.2, 0) is 9.53 Å². The smallest absolute Gasteiger partial charge is 0.276 e. The van der Waals surface area contributed by atoms with E-state index in [4.69, 9.17) is 9.26 Å². The first-order valence-corrected chi connectivity index (χ1v) is 7.45. The third-order valence-corrected chi connectivity index (χ3v) is 4.01. The lowest BCUT2D eigenvalue weighted by Gasteiger charge is -2.14. The molecule has 1 aliphatic rings. The molecule has 0 saturated carbocycles. The molecule has 7 heteroatoms. The first kappa shape index (κ1) is 16.5. The molecule has 0 aromatic carbocycles. The molecule has 2 atom stereocenters. The molecule has 0 unspecified atom stereocenters. The van der Waals surface area contributed by atoms with Gasteiger partial charge in [0.25, 0.3) is 5.91 Å². The third kappa shape index (κ3) is 3.47. The summed E-state index contributed by atoms with van der Waals surface area (Å²) in [5.74, 6) is 0.625. The number of likely N-dealkylation sites (tertiary alicyclic amines) is 1. The van der Waals surface area contributed by atoms with E-state index in [2.05, 4.69) is 10.5 Å². The van der Waals surface area contributed by atoms with Crippen LogP contribution < -0.4 is 5.32 Å². The van der Waals surface area contributed by atoms with Crippen LogP contribution in [0.2, 0.25) is 0 Å². The fourth-order valence-corrected chi connectivity index (χ4v) is 2.63. The van der Waals surface area contributed by atoms with Crippen molar-refractivity contribution in [3.05, 3.63) is 17.5 Å². The monoisotopic (exact) mass is 309 g/mol. The molecular weight excluding hydrogens is 286 g/mol. The Labute approximate surface area is 130 Å². The molecule has 0 bridgehead atoms. The Morgan fingerprint density at radius 1 is 1.50 bits per heavy atom. The molecule has 7 nitrogen and oxygen atoms in total. The molecule has 1 aromatic rings. The molecule has 2 rings (SSSR count). The number of methoxy groups -OCH3 is 1. The molecule has 1 saturated heterocycles. The standard InChI is InChI=1S/C15H23N3O4/c1-9(2)12-6-11(17-22-12)15(20)18-7-10(5-14(19)16-3)13(8-18)21-4/h6,9-10,13H,5,7-8H2,1-4H3,(H,16,19)/t10-,13+/m1/s1. The first-order chi connectivity index (χ1) is 10.5. The largest absolute Gasteiger partial charge is 0.379 e. The van der Waals surface area contributed by atoms with Gasteiger partial charge >= 0.3 is 0 Å². The Kier molecular flexibility index (Phi) is 5.18. The predicted molar refractivity (Wildman–Crippen MR) is 79.5 cm³/mol. The zero-order valence-electron chi connectivity index (χ0n) is 13.5. The van der Waals surface area contributed by atoms with Crippen molar-refractivity contribution in [2.75, 3.05) is 27.2 Å². The van der Waals surface area contributed by atoms with Crippen LogP contribution in [0.25, 0.3) is 0 Å². The van der Waals surface area contributed by atoms with Crippen LogP contribution in [0.15, 0.2) is 10.6 Å². The highest BCUT2D eigenvalue weighted by Crippen LogP contribution is 2.25. The highest BCUT2D eigenvalue weighted by molar-refractivity contribution is 5.92. The number of amides is 2. The molecule has 2 amide bonds. The van der Waals surface area contributed by atoms with Crippen molar-refractivity contribution in [1.82, 2.24) is 15.4 Å². The van der Waals surface area contributed by atoms with Gasteiger partial charge in [-0.05, 0) is 0 Å². The van der Waals surface area contributed by atoms with Crippen molar-refractivity contribution in [1.29, 1.82) is 0 Å².